The molecule has 0 bridgehead atoms. The van der Waals surface area contributed by atoms with Crippen LogP contribution in [0.3, 0.4) is 0 Å². The molecular formula is C15H21FN2O. The summed E-state index contributed by atoms with van der Waals surface area (Å²) in [6.07, 6.45) is 3.96. The van der Waals surface area contributed by atoms with Gasteiger partial charge in [0.1, 0.15) is 5.82 Å². The lowest BCUT2D eigenvalue weighted by Crippen LogP contribution is -2.44. The number of amides is 1. The van der Waals surface area contributed by atoms with Crippen LogP contribution in [0.2, 0.25) is 0 Å². The third-order valence-corrected chi connectivity index (χ3v) is 3.88. The molecule has 3 N–H and O–H groups in total. The van der Waals surface area contributed by atoms with E-state index in [0.29, 0.717) is 0 Å². The van der Waals surface area contributed by atoms with Crippen LogP contribution in [0.5, 0.6) is 0 Å². The van der Waals surface area contributed by atoms with Gasteiger partial charge in [0.2, 0.25) is 5.91 Å². The van der Waals surface area contributed by atoms with Gasteiger partial charge in [0, 0.05) is 6.04 Å². The van der Waals surface area contributed by atoms with Crippen LogP contribution in [0.4, 0.5) is 4.39 Å². The fourth-order valence-electron chi connectivity index (χ4n) is 2.64. The van der Waals surface area contributed by atoms with Gasteiger partial charge in [-0.15, -0.1) is 0 Å². The van der Waals surface area contributed by atoms with Crippen molar-refractivity contribution < 1.29 is 9.18 Å². The average molecular weight is 264 g/mol. The number of rotatable bonds is 3. The summed E-state index contributed by atoms with van der Waals surface area (Å²) < 4.78 is 12.9. The predicted molar refractivity (Wildman–Crippen MR) is 72.9 cm³/mol. The standard InChI is InChI=1S/C15H21FN2O/c1-10(11-6-8-12(16)9-7-11)18-15(19)13-4-2-3-5-14(13)17/h6-10,13-14H,2-5,17H2,1H3,(H,18,19)/t10-,13?,14?/m1/s1. The zero-order chi connectivity index (χ0) is 13.8. The van der Waals surface area contributed by atoms with E-state index in [-0.39, 0.29) is 29.7 Å². The van der Waals surface area contributed by atoms with Crippen molar-refractivity contribution in [3.63, 3.8) is 0 Å². The molecule has 1 fully saturated rings. The minimum absolute atomic E-state index is 0.0176. The highest BCUT2D eigenvalue weighted by Gasteiger charge is 2.28. The van der Waals surface area contributed by atoms with Crippen LogP contribution < -0.4 is 11.1 Å². The van der Waals surface area contributed by atoms with Gasteiger partial charge in [-0.3, -0.25) is 4.79 Å². The molecule has 1 saturated carbocycles. The van der Waals surface area contributed by atoms with E-state index in [1.54, 1.807) is 12.1 Å². The average Bonchev–Trinajstić information content (AvgIpc) is 2.39. The van der Waals surface area contributed by atoms with Crippen LogP contribution in [0.25, 0.3) is 0 Å². The van der Waals surface area contributed by atoms with Crippen molar-refractivity contribution >= 4 is 5.91 Å². The molecule has 1 aromatic rings. The highest BCUT2D eigenvalue weighted by atomic mass is 19.1. The van der Waals surface area contributed by atoms with Crippen molar-refractivity contribution in [3.8, 4) is 0 Å². The highest BCUT2D eigenvalue weighted by Crippen LogP contribution is 2.24. The molecule has 1 aromatic carbocycles. The molecule has 0 radical (unpaired) electrons. The second-order valence-corrected chi connectivity index (χ2v) is 5.34. The first-order valence-electron chi connectivity index (χ1n) is 6.89. The van der Waals surface area contributed by atoms with E-state index in [1.807, 2.05) is 6.92 Å². The third-order valence-electron chi connectivity index (χ3n) is 3.88. The molecule has 3 atom stereocenters. The van der Waals surface area contributed by atoms with Crippen molar-refractivity contribution in [2.45, 2.75) is 44.7 Å². The molecule has 1 amide bonds. The summed E-state index contributed by atoms with van der Waals surface area (Å²) in [5.41, 5.74) is 6.91. The highest BCUT2D eigenvalue weighted by molar-refractivity contribution is 5.79. The van der Waals surface area contributed by atoms with Gasteiger partial charge in [0.25, 0.3) is 0 Å². The van der Waals surface area contributed by atoms with Crippen molar-refractivity contribution in [2.75, 3.05) is 0 Å². The molecule has 0 aliphatic heterocycles. The van der Waals surface area contributed by atoms with Gasteiger partial charge < -0.3 is 11.1 Å². The van der Waals surface area contributed by atoms with Crippen molar-refractivity contribution in [1.29, 1.82) is 0 Å². The summed E-state index contributed by atoms with van der Waals surface area (Å²) in [6.45, 7) is 1.90. The van der Waals surface area contributed by atoms with Crippen LogP contribution in [-0.2, 0) is 4.79 Å². The van der Waals surface area contributed by atoms with E-state index in [0.717, 1.165) is 31.2 Å². The molecular weight excluding hydrogens is 243 g/mol. The largest absolute Gasteiger partial charge is 0.349 e. The molecule has 0 heterocycles. The molecule has 2 rings (SSSR count). The normalized spacial score (nSPS) is 24.8. The quantitative estimate of drug-likeness (QED) is 0.881. The van der Waals surface area contributed by atoms with Crippen molar-refractivity contribution in [3.05, 3.63) is 35.6 Å². The molecule has 1 aliphatic carbocycles. The monoisotopic (exact) mass is 264 g/mol. The van der Waals surface area contributed by atoms with E-state index < -0.39 is 0 Å². The van der Waals surface area contributed by atoms with Gasteiger partial charge in [-0.25, -0.2) is 4.39 Å². The van der Waals surface area contributed by atoms with Crippen LogP contribution in [0.1, 0.15) is 44.2 Å². The molecule has 4 heteroatoms. The Morgan fingerprint density at radius 2 is 1.95 bits per heavy atom. The van der Waals surface area contributed by atoms with Gasteiger partial charge in [-0.2, -0.15) is 0 Å². The first-order chi connectivity index (χ1) is 9.08. The molecule has 0 spiro atoms. The smallest absolute Gasteiger partial charge is 0.225 e. The second kappa shape index (κ2) is 6.15. The Kier molecular flexibility index (Phi) is 4.53. The summed E-state index contributed by atoms with van der Waals surface area (Å²) in [6, 6.07) is 6.05. The number of hydrogen-bond donors (Lipinski definition) is 2. The summed E-state index contributed by atoms with van der Waals surface area (Å²) in [5.74, 6) is -0.336. The van der Waals surface area contributed by atoms with Crippen LogP contribution in [0.15, 0.2) is 24.3 Å². The maximum absolute atomic E-state index is 12.9. The van der Waals surface area contributed by atoms with Crippen molar-refractivity contribution in [2.24, 2.45) is 11.7 Å². The number of hydrogen-bond acceptors (Lipinski definition) is 2. The Labute approximate surface area is 113 Å². The van der Waals surface area contributed by atoms with E-state index in [2.05, 4.69) is 5.32 Å². The number of nitrogens with two attached hydrogens (primary N) is 1. The summed E-state index contributed by atoms with van der Waals surface area (Å²) in [5, 5.41) is 2.97. The lowest BCUT2D eigenvalue weighted by molar-refractivity contribution is -0.127. The summed E-state index contributed by atoms with van der Waals surface area (Å²) in [4.78, 5) is 12.2. The van der Waals surface area contributed by atoms with E-state index in [1.165, 1.54) is 12.1 Å². The maximum Gasteiger partial charge on any atom is 0.225 e. The SMILES string of the molecule is C[C@@H](NC(=O)C1CCCCC1N)c1ccc(F)cc1. The zero-order valence-corrected chi connectivity index (χ0v) is 11.2. The number of benzene rings is 1. The summed E-state index contributed by atoms with van der Waals surface area (Å²) in [7, 11) is 0. The first-order valence-corrected chi connectivity index (χ1v) is 6.89. The Hall–Kier alpha value is -1.42. The Morgan fingerprint density at radius 3 is 2.58 bits per heavy atom. The Bertz CT molecular complexity index is 432. The molecule has 1 aliphatic rings. The number of nitrogens with one attached hydrogen (secondary N) is 1. The van der Waals surface area contributed by atoms with Gasteiger partial charge in [0.15, 0.2) is 0 Å². The van der Waals surface area contributed by atoms with Gasteiger partial charge in [0.05, 0.1) is 12.0 Å². The maximum atomic E-state index is 12.9. The topological polar surface area (TPSA) is 55.1 Å². The van der Waals surface area contributed by atoms with Gasteiger partial charge in [-0.05, 0) is 37.5 Å². The van der Waals surface area contributed by atoms with E-state index in [9.17, 15) is 9.18 Å². The molecule has 0 saturated heterocycles. The Balaban J connectivity index is 1.96. The zero-order valence-electron chi connectivity index (χ0n) is 11.2. The molecule has 0 aromatic heterocycles. The lowest BCUT2D eigenvalue weighted by atomic mass is 9.84. The van der Waals surface area contributed by atoms with E-state index in [4.69, 9.17) is 5.73 Å². The fraction of sp³-hybridized carbons (Fsp3) is 0.533. The molecule has 104 valence electrons. The second-order valence-electron chi connectivity index (χ2n) is 5.34. The van der Waals surface area contributed by atoms with Gasteiger partial charge in [-0.1, -0.05) is 25.0 Å². The van der Waals surface area contributed by atoms with E-state index >= 15 is 0 Å². The Morgan fingerprint density at radius 1 is 1.32 bits per heavy atom. The summed E-state index contributed by atoms with van der Waals surface area (Å²) >= 11 is 0. The van der Waals surface area contributed by atoms with Crippen LogP contribution in [0, 0.1) is 11.7 Å². The molecule has 2 unspecified atom stereocenters. The van der Waals surface area contributed by atoms with Crippen LogP contribution >= 0.6 is 0 Å². The minimum Gasteiger partial charge on any atom is -0.349 e. The van der Waals surface area contributed by atoms with Gasteiger partial charge >= 0.3 is 0 Å². The third kappa shape index (κ3) is 3.53. The number of halogens is 1. The first kappa shape index (κ1) is 14.0. The van der Waals surface area contributed by atoms with Crippen molar-refractivity contribution in [1.82, 2.24) is 5.32 Å². The molecule has 3 nitrogen and oxygen atoms in total. The fourth-order valence-corrected chi connectivity index (χ4v) is 2.64. The minimum atomic E-state index is -0.267. The molecule has 19 heavy (non-hydrogen) atoms. The lowest BCUT2D eigenvalue weighted by Gasteiger charge is -2.28. The predicted octanol–water partition coefficient (Wildman–Crippen LogP) is 2.52. The number of carbonyl (C=O) groups is 1. The number of carbonyl (C=O) groups excluding carboxylic acids is 1. The van der Waals surface area contributed by atoms with Crippen LogP contribution in [-0.4, -0.2) is 11.9 Å².